The average Bonchev–Trinajstić information content (AvgIpc) is 3.07. The fraction of sp³-hybridized carbons (Fsp3) is 0.294. The number of furan rings is 1. The van der Waals surface area contributed by atoms with Crippen molar-refractivity contribution in [1.29, 1.82) is 0 Å². The Balaban J connectivity index is 1.54. The number of nitrogens with one attached hydrogen (secondary N) is 2. The summed E-state index contributed by atoms with van der Waals surface area (Å²) in [4.78, 5) is 23.2. The van der Waals surface area contributed by atoms with Gasteiger partial charge in [-0.15, -0.1) is 0 Å². The molecule has 0 saturated heterocycles. The van der Waals surface area contributed by atoms with Crippen LogP contribution in [0.25, 0.3) is 0 Å². The van der Waals surface area contributed by atoms with E-state index in [1.54, 1.807) is 12.1 Å². The topological polar surface area (TPSA) is 71.3 Å². The molecule has 22 heavy (non-hydrogen) atoms. The molecule has 116 valence electrons. The molecule has 0 radical (unpaired) electrons. The van der Waals surface area contributed by atoms with Gasteiger partial charge in [0.1, 0.15) is 0 Å². The minimum Gasteiger partial charge on any atom is -0.459 e. The van der Waals surface area contributed by atoms with Crippen molar-refractivity contribution in [2.45, 2.75) is 19.3 Å². The van der Waals surface area contributed by atoms with Crippen LogP contribution < -0.4 is 10.6 Å². The van der Waals surface area contributed by atoms with Gasteiger partial charge < -0.3 is 15.1 Å². The van der Waals surface area contributed by atoms with Crippen LogP contribution in [0.15, 0.2) is 53.1 Å². The molecular weight excluding hydrogens is 280 g/mol. The zero-order valence-electron chi connectivity index (χ0n) is 12.4. The van der Waals surface area contributed by atoms with E-state index in [-0.39, 0.29) is 24.0 Å². The molecule has 2 amide bonds. The molecule has 2 aromatic rings. The van der Waals surface area contributed by atoms with Crippen LogP contribution in [0.4, 0.5) is 0 Å². The molecule has 0 aliphatic heterocycles. The summed E-state index contributed by atoms with van der Waals surface area (Å²) >= 11 is 0. The van der Waals surface area contributed by atoms with E-state index in [1.807, 2.05) is 18.2 Å². The Hall–Kier alpha value is -2.56. The lowest BCUT2D eigenvalue weighted by Crippen LogP contribution is -2.31. The molecule has 0 spiro atoms. The summed E-state index contributed by atoms with van der Waals surface area (Å²) in [6, 6.07) is 13.4. The normalized spacial score (nSPS) is 10.2. The van der Waals surface area contributed by atoms with Crippen molar-refractivity contribution < 1.29 is 14.0 Å². The predicted molar refractivity (Wildman–Crippen MR) is 83.4 cm³/mol. The highest BCUT2D eigenvalue weighted by molar-refractivity contribution is 5.91. The minimum absolute atomic E-state index is 0.0622. The van der Waals surface area contributed by atoms with Crippen LogP contribution in [0, 0.1) is 0 Å². The van der Waals surface area contributed by atoms with E-state index in [9.17, 15) is 9.59 Å². The second kappa shape index (κ2) is 8.67. The summed E-state index contributed by atoms with van der Waals surface area (Å²) in [5.41, 5.74) is 1.27. The SMILES string of the molecule is O=C(CCNC(=O)c1ccco1)NCCCc1ccccc1. The Morgan fingerprint density at radius 3 is 2.50 bits per heavy atom. The summed E-state index contributed by atoms with van der Waals surface area (Å²) < 4.78 is 4.96. The summed E-state index contributed by atoms with van der Waals surface area (Å²) in [5.74, 6) is -0.113. The molecule has 0 bridgehead atoms. The lowest BCUT2D eigenvalue weighted by molar-refractivity contribution is -0.120. The van der Waals surface area contributed by atoms with Crippen molar-refractivity contribution in [3.8, 4) is 0 Å². The van der Waals surface area contributed by atoms with Crippen LogP contribution >= 0.6 is 0 Å². The van der Waals surface area contributed by atoms with Crippen molar-refractivity contribution in [3.63, 3.8) is 0 Å². The Bertz CT molecular complexity index is 579. The second-order valence-electron chi connectivity index (χ2n) is 4.92. The molecule has 0 atom stereocenters. The number of hydrogen-bond donors (Lipinski definition) is 2. The van der Waals surface area contributed by atoms with Gasteiger partial charge in [0.25, 0.3) is 5.91 Å². The smallest absolute Gasteiger partial charge is 0.286 e. The lowest BCUT2D eigenvalue weighted by atomic mass is 10.1. The third-order valence-corrected chi connectivity index (χ3v) is 3.19. The summed E-state index contributed by atoms with van der Waals surface area (Å²) in [7, 11) is 0. The zero-order chi connectivity index (χ0) is 15.6. The van der Waals surface area contributed by atoms with E-state index >= 15 is 0 Å². The number of carbonyl (C=O) groups is 2. The van der Waals surface area contributed by atoms with Crippen LogP contribution in [0.5, 0.6) is 0 Å². The molecule has 1 aromatic heterocycles. The molecular formula is C17H20N2O3. The van der Waals surface area contributed by atoms with Crippen molar-refractivity contribution in [2.75, 3.05) is 13.1 Å². The molecule has 1 aromatic carbocycles. The number of benzene rings is 1. The van der Waals surface area contributed by atoms with Crippen LogP contribution in [-0.4, -0.2) is 24.9 Å². The highest BCUT2D eigenvalue weighted by Crippen LogP contribution is 2.01. The van der Waals surface area contributed by atoms with Crippen molar-refractivity contribution in [1.82, 2.24) is 10.6 Å². The largest absolute Gasteiger partial charge is 0.459 e. The fourth-order valence-electron chi connectivity index (χ4n) is 2.04. The van der Waals surface area contributed by atoms with Gasteiger partial charge in [0.05, 0.1) is 6.26 Å². The fourth-order valence-corrected chi connectivity index (χ4v) is 2.04. The lowest BCUT2D eigenvalue weighted by Gasteiger charge is -2.06. The second-order valence-corrected chi connectivity index (χ2v) is 4.92. The Morgan fingerprint density at radius 2 is 1.77 bits per heavy atom. The molecule has 2 rings (SSSR count). The molecule has 0 saturated carbocycles. The van der Waals surface area contributed by atoms with Crippen LogP contribution in [0.1, 0.15) is 29.0 Å². The molecule has 5 nitrogen and oxygen atoms in total. The summed E-state index contributed by atoms with van der Waals surface area (Å²) in [6.07, 6.45) is 3.54. The number of carbonyl (C=O) groups excluding carboxylic acids is 2. The van der Waals surface area contributed by atoms with Crippen molar-refractivity contribution in [2.24, 2.45) is 0 Å². The summed E-state index contributed by atoms with van der Waals surface area (Å²) in [5, 5.41) is 5.49. The maximum atomic E-state index is 11.6. The third-order valence-electron chi connectivity index (χ3n) is 3.19. The number of hydrogen-bond acceptors (Lipinski definition) is 3. The van der Waals surface area contributed by atoms with E-state index in [4.69, 9.17) is 4.42 Å². The minimum atomic E-state index is -0.304. The number of rotatable bonds is 8. The first-order valence-corrected chi connectivity index (χ1v) is 7.38. The van der Waals surface area contributed by atoms with Crippen LogP contribution in [-0.2, 0) is 11.2 Å². The zero-order valence-corrected chi connectivity index (χ0v) is 12.4. The molecule has 0 fully saturated rings. The molecule has 0 unspecified atom stereocenters. The molecule has 5 heteroatoms. The first-order chi connectivity index (χ1) is 10.8. The highest BCUT2D eigenvalue weighted by atomic mass is 16.3. The van der Waals surface area contributed by atoms with Gasteiger partial charge in [0.15, 0.2) is 5.76 Å². The van der Waals surface area contributed by atoms with E-state index in [0.29, 0.717) is 13.1 Å². The third kappa shape index (κ3) is 5.44. The Morgan fingerprint density at radius 1 is 0.955 bits per heavy atom. The van der Waals surface area contributed by atoms with E-state index in [2.05, 4.69) is 22.8 Å². The molecule has 0 aliphatic rings. The van der Waals surface area contributed by atoms with Gasteiger partial charge in [-0.05, 0) is 30.5 Å². The first-order valence-electron chi connectivity index (χ1n) is 7.38. The van der Waals surface area contributed by atoms with Crippen LogP contribution in [0.2, 0.25) is 0 Å². The molecule has 1 heterocycles. The maximum Gasteiger partial charge on any atom is 0.286 e. The van der Waals surface area contributed by atoms with Crippen LogP contribution in [0.3, 0.4) is 0 Å². The quantitative estimate of drug-likeness (QED) is 0.734. The van der Waals surface area contributed by atoms with E-state index in [0.717, 1.165) is 12.8 Å². The van der Waals surface area contributed by atoms with Gasteiger partial charge in [-0.25, -0.2) is 0 Å². The van der Waals surface area contributed by atoms with Crippen molar-refractivity contribution >= 4 is 11.8 Å². The Kier molecular flexibility index (Phi) is 6.23. The highest BCUT2D eigenvalue weighted by Gasteiger charge is 2.08. The average molecular weight is 300 g/mol. The molecule has 2 N–H and O–H groups in total. The number of aryl methyl sites for hydroxylation is 1. The predicted octanol–water partition coefficient (Wildman–Crippen LogP) is 2.15. The Labute approximate surface area is 129 Å². The van der Waals surface area contributed by atoms with Gasteiger partial charge in [-0.3, -0.25) is 9.59 Å². The number of amides is 2. The van der Waals surface area contributed by atoms with Gasteiger partial charge in [-0.2, -0.15) is 0 Å². The molecule has 0 aliphatic carbocycles. The van der Waals surface area contributed by atoms with Gasteiger partial charge in [0.2, 0.25) is 5.91 Å². The van der Waals surface area contributed by atoms with E-state index in [1.165, 1.54) is 11.8 Å². The van der Waals surface area contributed by atoms with Gasteiger partial charge in [-0.1, -0.05) is 30.3 Å². The van der Waals surface area contributed by atoms with Gasteiger partial charge in [0, 0.05) is 19.5 Å². The van der Waals surface area contributed by atoms with Gasteiger partial charge >= 0.3 is 0 Å². The van der Waals surface area contributed by atoms with Crippen molar-refractivity contribution in [3.05, 3.63) is 60.1 Å². The maximum absolute atomic E-state index is 11.6. The monoisotopic (exact) mass is 300 g/mol. The van der Waals surface area contributed by atoms with E-state index < -0.39 is 0 Å². The standard InChI is InChI=1S/C17H20N2O3/c20-16(10-12-19-17(21)15-9-5-13-22-15)18-11-4-8-14-6-2-1-3-7-14/h1-3,5-7,9,13H,4,8,10-12H2,(H,18,20)(H,19,21). The summed E-state index contributed by atoms with van der Waals surface area (Å²) in [6.45, 7) is 0.934. The first kappa shape index (κ1) is 15.8.